The molecule has 0 aliphatic rings. The van der Waals surface area contributed by atoms with Gasteiger partial charge in [0.05, 0.1) is 13.0 Å². The SMILES string of the molecule is CC(C)COc1cccc(NC(=O)Cc2cccc(N)c2)c1. The van der Waals surface area contributed by atoms with Crippen LogP contribution >= 0.6 is 0 Å². The molecule has 0 aromatic heterocycles. The molecule has 0 aliphatic heterocycles. The number of nitrogens with two attached hydrogens (primary N) is 1. The van der Waals surface area contributed by atoms with Crippen LogP contribution < -0.4 is 15.8 Å². The lowest BCUT2D eigenvalue weighted by Crippen LogP contribution is -2.14. The molecule has 4 nitrogen and oxygen atoms in total. The van der Waals surface area contributed by atoms with E-state index in [0.29, 0.717) is 24.6 Å². The maximum atomic E-state index is 12.1. The van der Waals surface area contributed by atoms with Crippen molar-refractivity contribution in [1.82, 2.24) is 0 Å². The van der Waals surface area contributed by atoms with E-state index in [-0.39, 0.29) is 5.91 Å². The Hall–Kier alpha value is -2.49. The fraction of sp³-hybridized carbons (Fsp3) is 0.278. The zero-order chi connectivity index (χ0) is 15.9. The fourth-order valence-corrected chi connectivity index (χ4v) is 2.02. The van der Waals surface area contributed by atoms with Gasteiger partial charge in [0.25, 0.3) is 0 Å². The highest BCUT2D eigenvalue weighted by Crippen LogP contribution is 2.18. The minimum Gasteiger partial charge on any atom is -0.493 e. The summed E-state index contributed by atoms with van der Waals surface area (Å²) in [6.07, 6.45) is 0.294. The molecule has 2 aromatic carbocycles. The van der Waals surface area contributed by atoms with Gasteiger partial charge in [0, 0.05) is 17.4 Å². The number of amides is 1. The zero-order valence-corrected chi connectivity index (χ0v) is 13.0. The van der Waals surface area contributed by atoms with E-state index in [1.165, 1.54) is 0 Å². The molecule has 0 heterocycles. The molecule has 0 bridgehead atoms. The van der Waals surface area contributed by atoms with Crippen LogP contribution in [0.25, 0.3) is 0 Å². The van der Waals surface area contributed by atoms with Crippen LogP contribution in [0.4, 0.5) is 11.4 Å². The minimum absolute atomic E-state index is 0.0772. The van der Waals surface area contributed by atoms with Gasteiger partial charge in [-0.15, -0.1) is 0 Å². The summed E-state index contributed by atoms with van der Waals surface area (Å²) in [5, 5.41) is 2.88. The van der Waals surface area contributed by atoms with E-state index in [2.05, 4.69) is 19.2 Å². The van der Waals surface area contributed by atoms with Crippen molar-refractivity contribution in [2.45, 2.75) is 20.3 Å². The minimum atomic E-state index is -0.0772. The zero-order valence-electron chi connectivity index (χ0n) is 13.0. The van der Waals surface area contributed by atoms with Gasteiger partial charge in [0.2, 0.25) is 5.91 Å². The highest BCUT2D eigenvalue weighted by molar-refractivity contribution is 5.92. The van der Waals surface area contributed by atoms with Crippen LogP contribution in [0.1, 0.15) is 19.4 Å². The molecular weight excluding hydrogens is 276 g/mol. The van der Waals surface area contributed by atoms with Crippen molar-refractivity contribution < 1.29 is 9.53 Å². The summed E-state index contributed by atoms with van der Waals surface area (Å²) in [6, 6.07) is 14.8. The molecule has 0 atom stereocenters. The van der Waals surface area contributed by atoms with E-state index in [4.69, 9.17) is 10.5 Å². The van der Waals surface area contributed by atoms with Gasteiger partial charge in [0.15, 0.2) is 0 Å². The van der Waals surface area contributed by atoms with E-state index in [0.717, 1.165) is 17.0 Å². The Labute approximate surface area is 131 Å². The number of anilines is 2. The summed E-state index contributed by atoms with van der Waals surface area (Å²) in [5.74, 6) is 1.14. The molecule has 0 fully saturated rings. The van der Waals surface area contributed by atoms with Gasteiger partial charge in [-0.05, 0) is 35.7 Å². The molecule has 116 valence electrons. The number of benzene rings is 2. The Morgan fingerprint density at radius 2 is 1.95 bits per heavy atom. The van der Waals surface area contributed by atoms with Crippen molar-refractivity contribution in [3.8, 4) is 5.75 Å². The van der Waals surface area contributed by atoms with E-state index >= 15 is 0 Å². The molecule has 0 saturated carbocycles. The Morgan fingerprint density at radius 1 is 1.18 bits per heavy atom. The van der Waals surface area contributed by atoms with Crippen LogP contribution in [0.2, 0.25) is 0 Å². The number of carbonyl (C=O) groups is 1. The van der Waals surface area contributed by atoms with Crippen molar-refractivity contribution in [3.63, 3.8) is 0 Å². The molecule has 0 radical (unpaired) electrons. The first kappa shape index (κ1) is 15.9. The normalized spacial score (nSPS) is 10.5. The first-order valence-corrected chi connectivity index (χ1v) is 7.40. The second-order valence-electron chi connectivity index (χ2n) is 5.70. The molecule has 0 unspecified atom stereocenters. The van der Waals surface area contributed by atoms with Crippen molar-refractivity contribution >= 4 is 17.3 Å². The number of nitrogens with one attached hydrogen (secondary N) is 1. The highest BCUT2D eigenvalue weighted by atomic mass is 16.5. The summed E-state index contributed by atoms with van der Waals surface area (Å²) >= 11 is 0. The summed E-state index contributed by atoms with van der Waals surface area (Å²) in [6.45, 7) is 4.84. The number of rotatable bonds is 6. The third-order valence-corrected chi connectivity index (χ3v) is 3.02. The predicted molar refractivity (Wildman–Crippen MR) is 90.0 cm³/mol. The van der Waals surface area contributed by atoms with Crippen molar-refractivity contribution in [3.05, 3.63) is 54.1 Å². The molecule has 22 heavy (non-hydrogen) atoms. The lowest BCUT2D eigenvalue weighted by atomic mass is 10.1. The molecule has 1 amide bonds. The molecule has 3 N–H and O–H groups in total. The quantitative estimate of drug-likeness (QED) is 0.802. The van der Waals surface area contributed by atoms with Crippen molar-refractivity contribution in [2.24, 2.45) is 5.92 Å². The van der Waals surface area contributed by atoms with Crippen molar-refractivity contribution in [1.29, 1.82) is 0 Å². The number of nitrogen functional groups attached to an aromatic ring is 1. The Kier molecular flexibility index (Phi) is 5.42. The molecule has 0 spiro atoms. The van der Waals surface area contributed by atoms with Gasteiger partial charge in [-0.3, -0.25) is 4.79 Å². The summed E-state index contributed by atoms with van der Waals surface area (Å²) in [7, 11) is 0. The monoisotopic (exact) mass is 298 g/mol. The van der Waals surface area contributed by atoms with Gasteiger partial charge in [-0.1, -0.05) is 32.0 Å². The van der Waals surface area contributed by atoms with Gasteiger partial charge in [-0.25, -0.2) is 0 Å². The Morgan fingerprint density at radius 3 is 2.68 bits per heavy atom. The van der Waals surface area contributed by atoms with Crippen LogP contribution in [0.3, 0.4) is 0 Å². The predicted octanol–water partition coefficient (Wildman–Crippen LogP) is 3.48. The van der Waals surface area contributed by atoms with Gasteiger partial charge >= 0.3 is 0 Å². The lowest BCUT2D eigenvalue weighted by Gasteiger charge is -2.11. The van der Waals surface area contributed by atoms with Gasteiger partial charge < -0.3 is 15.8 Å². The molecular formula is C18H22N2O2. The second-order valence-corrected chi connectivity index (χ2v) is 5.70. The van der Waals surface area contributed by atoms with E-state index in [1.807, 2.05) is 42.5 Å². The number of ether oxygens (including phenoxy) is 1. The van der Waals surface area contributed by atoms with Crippen LogP contribution in [0, 0.1) is 5.92 Å². The van der Waals surface area contributed by atoms with Gasteiger partial charge in [-0.2, -0.15) is 0 Å². The van der Waals surface area contributed by atoms with Crippen LogP contribution in [0.5, 0.6) is 5.75 Å². The third kappa shape index (κ3) is 5.13. The Bertz CT molecular complexity index is 638. The maximum Gasteiger partial charge on any atom is 0.228 e. The lowest BCUT2D eigenvalue weighted by molar-refractivity contribution is -0.115. The average Bonchev–Trinajstić information content (AvgIpc) is 2.45. The topological polar surface area (TPSA) is 64.3 Å². The largest absolute Gasteiger partial charge is 0.493 e. The molecule has 2 rings (SSSR count). The molecule has 2 aromatic rings. The first-order chi connectivity index (χ1) is 10.5. The number of carbonyl (C=O) groups excluding carboxylic acids is 1. The number of hydrogen-bond acceptors (Lipinski definition) is 3. The Balaban J connectivity index is 1.95. The van der Waals surface area contributed by atoms with E-state index < -0.39 is 0 Å². The third-order valence-electron chi connectivity index (χ3n) is 3.02. The summed E-state index contributed by atoms with van der Waals surface area (Å²) in [4.78, 5) is 12.1. The summed E-state index contributed by atoms with van der Waals surface area (Å²) < 4.78 is 5.66. The summed E-state index contributed by atoms with van der Waals surface area (Å²) in [5.41, 5.74) is 8.00. The van der Waals surface area contributed by atoms with Crippen LogP contribution in [-0.4, -0.2) is 12.5 Å². The standard InChI is InChI=1S/C18H22N2O2/c1-13(2)12-22-17-8-4-7-16(11-17)20-18(21)10-14-5-3-6-15(19)9-14/h3-9,11,13H,10,12,19H2,1-2H3,(H,20,21). The van der Waals surface area contributed by atoms with Crippen LogP contribution in [0.15, 0.2) is 48.5 Å². The number of hydrogen-bond donors (Lipinski definition) is 2. The molecule has 4 heteroatoms. The maximum absolute atomic E-state index is 12.1. The van der Waals surface area contributed by atoms with E-state index in [9.17, 15) is 4.79 Å². The van der Waals surface area contributed by atoms with Crippen LogP contribution in [-0.2, 0) is 11.2 Å². The molecule has 0 aliphatic carbocycles. The van der Waals surface area contributed by atoms with Crippen molar-refractivity contribution in [2.75, 3.05) is 17.7 Å². The molecule has 0 saturated heterocycles. The second kappa shape index (κ2) is 7.50. The van der Waals surface area contributed by atoms with Gasteiger partial charge in [0.1, 0.15) is 5.75 Å². The average molecular weight is 298 g/mol. The smallest absolute Gasteiger partial charge is 0.228 e. The first-order valence-electron chi connectivity index (χ1n) is 7.40. The highest BCUT2D eigenvalue weighted by Gasteiger charge is 2.06. The van der Waals surface area contributed by atoms with E-state index in [1.54, 1.807) is 6.07 Å². The fourth-order valence-electron chi connectivity index (χ4n) is 2.02.